The Bertz CT molecular complexity index is 3530. The fraction of sp³-hybridized carbons (Fsp3) is 0.154. The summed E-state index contributed by atoms with van der Waals surface area (Å²) in [5.74, 6) is 0. The largest absolute Gasteiger partial charge is 0.355 e. The summed E-state index contributed by atoms with van der Waals surface area (Å²) in [7, 11) is 0.891. The first-order valence-corrected chi connectivity index (χ1v) is 22.7. The third kappa shape index (κ3) is 5.08. The molecule has 280 valence electrons. The van der Waals surface area contributed by atoms with Crippen LogP contribution in [0.5, 0.6) is 0 Å². The van der Waals surface area contributed by atoms with Gasteiger partial charge in [-0.15, -0.1) is 34.0 Å². The van der Waals surface area contributed by atoms with Crippen LogP contribution in [0, 0.1) is 0 Å². The van der Waals surface area contributed by atoms with E-state index < -0.39 is 0 Å². The molecule has 6 heteroatoms. The highest BCUT2D eigenvalue weighted by Crippen LogP contribution is 2.46. The summed E-state index contributed by atoms with van der Waals surface area (Å²) in [6, 6.07) is 48.7. The molecular formula is C52H41BN2S3. The molecule has 4 aromatic heterocycles. The highest BCUT2D eigenvalue weighted by atomic mass is 32.1. The summed E-state index contributed by atoms with van der Waals surface area (Å²) >= 11 is 5.77. The molecule has 12 rings (SSSR count). The molecule has 0 unspecified atom stereocenters. The molecule has 0 radical (unpaired) electrons. The summed E-state index contributed by atoms with van der Waals surface area (Å²) in [6.07, 6.45) is 0. The fourth-order valence-corrected chi connectivity index (χ4v) is 12.9. The van der Waals surface area contributed by atoms with Crippen LogP contribution in [0.2, 0.25) is 0 Å². The average Bonchev–Trinajstić information content (AvgIpc) is 3.95. The summed E-state index contributed by atoms with van der Waals surface area (Å²) in [6.45, 7) is 13.8. The van der Waals surface area contributed by atoms with E-state index in [1.165, 1.54) is 110 Å². The molecule has 7 aromatic carbocycles. The van der Waals surface area contributed by atoms with E-state index in [2.05, 4.69) is 179 Å². The monoisotopic (exact) mass is 800 g/mol. The molecule has 0 saturated carbocycles. The Morgan fingerprint density at radius 2 is 1.12 bits per heavy atom. The molecule has 58 heavy (non-hydrogen) atoms. The van der Waals surface area contributed by atoms with Crippen molar-refractivity contribution in [1.82, 2.24) is 4.57 Å². The lowest BCUT2D eigenvalue weighted by molar-refractivity contribution is 0.590. The maximum absolute atomic E-state index is 3.94. The van der Waals surface area contributed by atoms with Gasteiger partial charge in [0.25, 0.3) is 0 Å². The van der Waals surface area contributed by atoms with E-state index in [9.17, 15) is 0 Å². The van der Waals surface area contributed by atoms with E-state index in [1.54, 1.807) is 0 Å². The van der Waals surface area contributed by atoms with Gasteiger partial charge in [-0.1, -0.05) is 108 Å². The van der Waals surface area contributed by atoms with Crippen molar-refractivity contribution in [1.29, 1.82) is 0 Å². The zero-order valence-corrected chi connectivity index (χ0v) is 36.0. The maximum atomic E-state index is 3.94. The predicted molar refractivity (Wildman–Crippen MR) is 261 cm³/mol. The van der Waals surface area contributed by atoms with Crippen LogP contribution < -0.4 is 15.6 Å². The van der Waals surface area contributed by atoms with Crippen LogP contribution in [-0.2, 0) is 10.8 Å². The molecule has 0 atom stereocenters. The number of benzene rings is 7. The van der Waals surface area contributed by atoms with Gasteiger partial charge in [0.2, 0.25) is 7.28 Å². The lowest BCUT2D eigenvalue weighted by Crippen LogP contribution is -2.35. The Kier molecular flexibility index (Phi) is 7.21. The SMILES string of the molecule is CC(C)(C)c1ccc(Nc2cc3sc4ccccc4c3cc2-c2ccc3c4cc5sc6ccccc6c5cc4n4c3c2Bc2sc3ccc(C(C)(C)C)cc3c2-4)cc1. The normalized spacial score (nSPS) is 13.1. The number of hydrogen-bond acceptors (Lipinski definition) is 4. The summed E-state index contributed by atoms with van der Waals surface area (Å²) in [5, 5.41) is 13.3. The van der Waals surface area contributed by atoms with Gasteiger partial charge in [-0.25, -0.2) is 0 Å². The second-order valence-corrected chi connectivity index (χ2v) is 21.5. The molecule has 11 aromatic rings. The summed E-state index contributed by atoms with van der Waals surface area (Å²) in [4.78, 5) is 0. The number of nitrogens with zero attached hydrogens (tertiary/aromatic N) is 1. The van der Waals surface area contributed by atoms with Crippen molar-refractivity contribution >= 4 is 135 Å². The Morgan fingerprint density at radius 1 is 0.483 bits per heavy atom. The summed E-state index contributed by atoms with van der Waals surface area (Å²) in [5.41, 5.74) is 13.1. The van der Waals surface area contributed by atoms with Crippen molar-refractivity contribution < 1.29 is 0 Å². The molecule has 1 aliphatic heterocycles. The topological polar surface area (TPSA) is 17.0 Å². The Balaban J connectivity index is 1.17. The van der Waals surface area contributed by atoms with Gasteiger partial charge < -0.3 is 9.88 Å². The van der Waals surface area contributed by atoms with Gasteiger partial charge in [-0.05, 0) is 98.4 Å². The molecule has 0 saturated heterocycles. The molecule has 0 fully saturated rings. The van der Waals surface area contributed by atoms with Crippen molar-refractivity contribution in [3.8, 4) is 16.8 Å². The van der Waals surface area contributed by atoms with Crippen molar-refractivity contribution in [3.05, 3.63) is 139 Å². The van der Waals surface area contributed by atoms with Crippen molar-refractivity contribution in [2.45, 2.75) is 52.4 Å². The lowest BCUT2D eigenvalue weighted by Gasteiger charge is -2.23. The van der Waals surface area contributed by atoms with Crippen molar-refractivity contribution in [3.63, 3.8) is 0 Å². The molecule has 5 heterocycles. The first-order valence-electron chi connectivity index (χ1n) is 20.3. The van der Waals surface area contributed by atoms with Crippen LogP contribution in [0.3, 0.4) is 0 Å². The number of anilines is 2. The van der Waals surface area contributed by atoms with E-state index in [4.69, 9.17) is 0 Å². The predicted octanol–water partition coefficient (Wildman–Crippen LogP) is 14.4. The van der Waals surface area contributed by atoms with E-state index in [0.29, 0.717) is 0 Å². The minimum absolute atomic E-state index is 0.0551. The second kappa shape index (κ2) is 12.1. The van der Waals surface area contributed by atoms with E-state index in [1.807, 2.05) is 34.0 Å². The van der Waals surface area contributed by atoms with Gasteiger partial charge in [0.15, 0.2) is 0 Å². The molecule has 0 spiro atoms. The Hall–Kier alpha value is -5.40. The first kappa shape index (κ1) is 34.6. The van der Waals surface area contributed by atoms with Gasteiger partial charge in [-0.2, -0.15) is 0 Å². The summed E-state index contributed by atoms with van der Waals surface area (Å²) < 4.78 is 10.8. The van der Waals surface area contributed by atoms with Crippen molar-refractivity contribution in [2.24, 2.45) is 0 Å². The van der Waals surface area contributed by atoms with Crippen LogP contribution in [0.1, 0.15) is 52.7 Å². The highest BCUT2D eigenvalue weighted by Gasteiger charge is 2.31. The molecule has 0 bridgehead atoms. The van der Waals surface area contributed by atoms with Gasteiger partial charge in [0, 0.05) is 83.7 Å². The average molecular weight is 801 g/mol. The number of fused-ring (bicyclic) bond motifs is 13. The molecular weight excluding hydrogens is 760 g/mol. The lowest BCUT2D eigenvalue weighted by atomic mass is 9.63. The minimum Gasteiger partial charge on any atom is -0.355 e. The van der Waals surface area contributed by atoms with Gasteiger partial charge in [0.1, 0.15) is 0 Å². The number of rotatable bonds is 3. The Labute approximate surface area is 350 Å². The fourth-order valence-electron chi connectivity index (χ4n) is 9.49. The van der Waals surface area contributed by atoms with Crippen LogP contribution in [0.4, 0.5) is 11.4 Å². The van der Waals surface area contributed by atoms with Crippen LogP contribution in [0.25, 0.3) is 89.1 Å². The van der Waals surface area contributed by atoms with E-state index >= 15 is 0 Å². The van der Waals surface area contributed by atoms with Crippen LogP contribution >= 0.6 is 34.0 Å². The first-order chi connectivity index (χ1) is 28.0. The smallest absolute Gasteiger partial charge is 0.211 e. The molecule has 1 aliphatic rings. The standard InChI is InChI=1S/C52H41BN2S3/c1-51(2,3)28-15-18-30(19-16-28)54-40-27-46-37(31-11-7-9-13-42(31)57-46)24-35(40)33-20-21-34-36-26-45-38(32-12-8-10-14-43(32)56-45)25-41(36)55-48(34)47(33)53-50-49(55)39-23-29(52(4,5)6)17-22-44(39)58-50/h7-27,53-54H,1-6H3. The van der Waals surface area contributed by atoms with Gasteiger partial charge >= 0.3 is 0 Å². The van der Waals surface area contributed by atoms with Crippen LogP contribution in [-0.4, -0.2) is 11.8 Å². The third-order valence-corrected chi connectivity index (χ3v) is 16.0. The molecule has 1 N–H and O–H groups in total. The zero-order valence-electron chi connectivity index (χ0n) is 33.5. The quantitative estimate of drug-likeness (QED) is 0.176. The maximum Gasteiger partial charge on any atom is 0.211 e. The molecule has 0 amide bonds. The molecule has 2 nitrogen and oxygen atoms in total. The molecule has 0 aliphatic carbocycles. The third-order valence-electron chi connectivity index (χ3n) is 12.5. The van der Waals surface area contributed by atoms with Crippen LogP contribution in [0.15, 0.2) is 127 Å². The number of nitrogens with one attached hydrogen (secondary N) is 1. The van der Waals surface area contributed by atoms with E-state index in [0.717, 1.165) is 18.7 Å². The Morgan fingerprint density at radius 3 is 1.83 bits per heavy atom. The number of thiophene rings is 3. The second-order valence-electron chi connectivity index (χ2n) is 18.2. The number of aromatic nitrogens is 1. The zero-order chi connectivity index (χ0) is 39.2. The highest BCUT2D eigenvalue weighted by molar-refractivity contribution is 7.29. The van der Waals surface area contributed by atoms with Gasteiger partial charge in [0.05, 0.1) is 11.2 Å². The van der Waals surface area contributed by atoms with Crippen molar-refractivity contribution in [2.75, 3.05) is 5.32 Å². The number of hydrogen-bond donors (Lipinski definition) is 1. The van der Waals surface area contributed by atoms with Gasteiger partial charge in [-0.3, -0.25) is 0 Å². The van der Waals surface area contributed by atoms with E-state index in [-0.39, 0.29) is 10.8 Å². The minimum atomic E-state index is 0.0551.